The molecule has 1 heterocycles. The molecule has 0 bridgehead atoms. The van der Waals surface area contributed by atoms with Crippen LogP contribution in [0, 0.1) is 0 Å². The number of nitrogens with one attached hydrogen (secondary N) is 1. The summed E-state index contributed by atoms with van der Waals surface area (Å²) in [4.78, 5) is 14.4. The number of hydrogen-bond donors (Lipinski definition) is 1. The second-order valence-electron chi connectivity index (χ2n) is 6.05. The van der Waals surface area contributed by atoms with Crippen molar-refractivity contribution in [3.8, 4) is 0 Å². The quantitative estimate of drug-likeness (QED) is 0.606. The molecule has 5 nitrogen and oxygen atoms in total. The zero-order valence-corrected chi connectivity index (χ0v) is 15.8. The molecule has 1 saturated carbocycles. The molecule has 1 fully saturated rings. The second kappa shape index (κ2) is 8.89. The van der Waals surface area contributed by atoms with Crippen molar-refractivity contribution in [2.45, 2.75) is 52.0 Å². The molecule has 0 radical (unpaired) electrons. The first-order valence-corrected chi connectivity index (χ1v) is 9.30. The number of carbonyl (C=O) groups excluding carboxylic acids is 1. The van der Waals surface area contributed by atoms with Crippen molar-refractivity contribution in [1.29, 1.82) is 0 Å². The van der Waals surface area contributed by atoms with Crippen molar-refractivity contribution in [3.05, 3.63) is 15.9 Å². The summed E-state index contributed by atoms with van der Waals surface area (Å²) in [5.74, 6) is 0.0436. The average Bonchev–Trinajstić information content (AvgIpc) is 3.32. The average molecular weight is 407 g/mol. The predicted molar refractivity (Wildman–Crippen MR) is 92.3 cm³/mol. The summed E-state index contributed by atoms with van der Waals surface area (Å²) in [5.41, 5.74) is 0.454. The van der Waals surface area contributed by atoms with Crippen molar-refractivity contribution in [2.24, 2.45) is 0 Å². The third-order valence-electron chi connectivity index (χ3n) is 4.29. The SMILES string of the molecule is CCN(CC)CCCNC(=O)Cn1nc(C(F)F)c(Br)c1C1CC1. The van der Waals surface area contributed by atoms with E-state index in [9.17, 15) is 13.6 Å². The maximum absolute atomic E-state index is 13.0. The van der Waals surface area contributed by atoms with E-state index in [4.69, 9.17) is 0 Å². The van der Waals surface area contributed by atoms with E-state index < -0.39 is 6.43 Å². The third kappa shape index (κ3) is 4.99. The van der Waals surface area contributed by atoms with E-state index in [1.54, 1.807) is 0 Å². The van der Waals surface area contributed by atoms with Crippen LogP contribution in [-0.4, -0.2) is 46.8 Å². The minimum Gasteiger partial charge on any atom is -0.354 e. The predicted octanol–water partition coefficient (Wildman–Crippen LogP) is 3.31. The van der Waals surface area contributed by atoms with Gasteiger partial charge in [0.1, 0.15) is 12.2 Å². The molecule has 0 aromatic carbocycles. The first kappa shape index (κ1) is 19.3. The highest BCUT2D eigenvalue weighted by atomic mass is 79.9. The third-order valence-corrected chi connectivity index (χ3v) is 5.10. The number of carbonyl (C=O) groups is 1. The van der Waals surface area contributed by atoms with Crippen LogP contribution in [-0.2, 0) is 11.3 Å². The van der Waals surface area contributed by atoms with Crippen molar-refractivity contribution in [1.82, 2.24) is 20.0 Å². The molecule has 8 heteroatoms. The summed E-state index contributed by atoms with van der Waals surface area (Å²) in [6.07, 6.45) is 0.139. The lowest BCUT2D eigenvalue weighted by Gasteiger charge is -2.17. The van der Waals surface area contributed by atoms with Gasteiger partial charge in [0.2, 0.25) is 5.91 Å². The van der Waals surface area contributed by atoms with Crippen LogP contribution in [0.1, 0.15) is 56.8 Å². The molecule has 2 rings (SSSR count). The molecule has 136 valence electrons. The molecule has 0 spiro atoms. The molecule has 24 heavy (non-hydrogen) atoms. The van der Waals surface area contributed by atoms with Crippen molar-refractivity contribution in [2.75, 3.05) is 26.2 Å². The van der Waals surface area contributed by atoms with Crippen molar-refractivity contribution >= 4 is 21.8 Å². The molecule has 1 aromatic rings. The smallest absolute Gasteiger partial charge is 0.283 e. The largest absolute Gasteiger partial charge is 0.354 e. The Balaban J connectivity index is 1.88. The molecule has 0 aliphatic heterocycles. The van der Waals surface area contributed by atoms with Gasteiger partial charge in [-0.15, -0.1) is 0 Å². The van der Waals surface area contributed by atoms with E-state index in [2.05, 4.69) is 45.1 Å². The maximum Gasteiger partial charge on any atom is 0.283 e. The Morgan fingerprint density at radius 1 is 1.42 bits per heavy atom. The van der Waals surface area contributed by atoms with Gasteiger partial charge in [-0.3, -0.25) is 9.48 Å². The van der Waals surface area contributed by atoms with E-state index in [1.807, 2.05) is 0 Å². The van der Waals surface area contributed by atoms with Crippen molar-refractivity contribution in [3.63, 3.8) is 0 Å². The lowest BCUT2D eigenvalue weighted by atomic mass is 10.2. The van der Waals surface area contributed by atoms with E-state index in [0.717, 1.165) is 44.6 Å². The molecular weight excluding hydrogens is 382 g/mol. The van der Waals surface area contributed by atoms with Crippen LogP contribution >= 0.6 is 15.9 Å². The van der Waals surface area contributed by atoms with Crippen LogP contribution in [0.4, 0.5) is 8.78 Å². The van der Waals surface area contributed by atoms with Gasteiger partial charge in [-0.2, -0.15) is 5.10 Å². The number of rotatable bonds is 10. The highest BCUT2D eigenvalue weighted by Gasteiger charge is 2.34. The van der Waals surface area contributed by atoms with E-state index in [0.29, 0.717) is 11.0 Å². The Morgan fingerprint density at radius 2 is 2.08 bits per heavy atom. The molecular formula is C16H25BrF2N4O. The number of aromatic nitrogens is 2. The standard InChI is InChI=1S/C16H25BrF2N4O/c1-3-22(4-2)9-5-8-20-12(24)10-23-15(11-6-7-11)13(17)14(21-23)16(18)19/h11,16H,3-10H2,1-2H3,(H,20,24). The molecule has 1 aromatic heterocycles. The summed E-state index contributed by atoms with van der Waals surface area (Å²) >= 11 is 3.23. The zero-order chi connectivity index (χ0) is 17.7. The van der Waals surface area contributed by atoms with Gasteiger partial charge in [-0.25, -0.2) is 8.78 Å². The number of hydrogen-bond acceptors (Lipinski definition) is 3. The molecule has 0 atom stereocenters. The molecule has 0 unspecified atom stereocenters. The maximum atomic E-state index is 13.0. The molecule has 1 amide bonds. The normalized spacial score (nSPS) is 14.6. The van der Waals surface area contributed by atoms with Crippen LogP contribution in [0.5, 0.6) is 0 Å². The summed E-state index contributed by atoms with van der Waals surface area (Å²) in [7, 11) is 0. The van der Waals surface area contributed by atoms with Crippen LogP contribution in [0.15, 0.2) is 4.47 Å². The monoisotopic (exact) mass is 406 g/mol. The van der Waals surface area contributed by atoms with Crippen LogP contribution in [0.3, 0.4) is 0 Å². The van der Waals surface area contributed by atoms with Crippen molar-refractivity contribution < 1.29 is 13.6 Å². The Bertz CT molecular complexity index is 557. The number of halogens is 3. The lowest BCUT2D eigenvalue weighted by molar-refractivity contribution is -0.121. The molecule has 1 aliphatic rings. The topological polar surface area (TPSA) is 50.2 Å². The fraction of sp³-hybridized carbons (Fsp3) is 0.750. The minimum absolute atomic E-state index is 0.0115. The van der Waals surface area contributed by atoms with E-state index >= 15 is 0 Å². The first-order valence-electron chi connectivity index (χ1n) is 8.51. The van der Waals surface area contributed by atoms with E-state index in [-0.39, 0.29) is 24.1 Å². The van der Waals surface area contributed by atoms with E-state index in [1.165, 1.54) is 4.68 Å². The Morgan fingerprint density at radius 3 is 2.62 bits per heavy atom. The van der Waals surface area contributed by atoms with Gasteiger partial charge < -0.3 is 10.2 Å². The summed E-state index contributed by atoms with van der Waals surface area (Å²) in [5, 5.41) is 6.79. The highest BCUT2D eigenvalue weighted by molar-refractivity contribution is 9.10. The molecule has 1 N–H and O–H groups in total. The Hall–Kier alpha value is -1.02. The van der Waals surface area contributed by atoms with Gasteiger partial charge in [-0.05, 0) is 54.8 Å². The Kier molecular flexibility index (Phi) is 7.16. The van der Waals surface area contributed by atoms with Gasteiger partial charge in [0.15, 0.2) is 0 Å². The van der Waals surface area contributed by atoms with Gasteiger partial charge in [-0.1, -0.05) is 13.8 Å². The van der Waals surface area contributed by atoms with Crippen LogP contribution < -0.4 is 5.32 Å². The summed E-state index contributed by atoms with van der Waals surface area (Å²) < 4.78 is 27.8. The van der Waals surface area contributed by atoms with Gasteiger partial charge in [0, 0.05) is 12.5 Å². The number of alkyl halides is 2. The van der Waals surface area contributed by atoms with Gasteiger partial charge in [0.05, 0.1) is 10.2 Å². The second-order valence-corrected chi connectivity index (χ2v) is 6.84. The van der Waals surface area contributed by atoms with Gasteiger partial charge in [0.25, 0.3) is 6.43 Å². The number of amides is 1. The van der Waals surface area contributed by atoms with Crippen LogP contribution in [0.2, 0.25) is 0 Å². The Labute approximate surface area is 149 Å². The molecule has 1 aliphatic carbocycles. The molecule has 0 saturated heterocycles. The van der Waals surface area contributed by atoms with Gasteiger partial charge >= 0.3 is 0 Å². The first-order chi connectivity index (χ1) is 11.5. The lowest BCUT2D eigenvalue weighted by Crippen LogP contribution is -2.32. The fourth-order valence-electron chi connectivity index (χ4n) is 2.74. The fourth-order valence-corrected chi connectivity index (χ4v) is 3.52. The minimum atomic E-state index is -2.64. The highest BCUT2D eigenvalue weighted by Crippen LogP contribution is 2.45. The van der Waals surface area contributed by atoms with Crippen LogP contribution in [0.25, 0.3) is 0 Å². The summed E-state index contributed by atoms with van der Waals surface area (Å²) in [6.45, 7) is 7.71. The number of nitrogens with zero attached hydrogens (tertiary/aromatic N) is 3. The zero-order valence-electron chi connectivity index (χ0n) is 14.2. The summed E-state index contributed by atoms with van der Waals surface area (Å²) in [6, 6.07) is 0.